The van der Waals surface area contributed by atoms with Crippen LogP contribution in [0, 0.1) is 12.7 Å². The van der Waals surface area contributed by atoms with Gasteiger partial charge in [0.1, 0.15) is 11.3 Å². The summed E-state index contributed by atoms with van der Waals surface area (Å²) < 4.78 is 45.3. The molecule has 5 nitrogen and oxygen atoms in total. The van der Waals surface area contributed by atoms with Gasteiger partial charge in [0.2, 0.25) is 10.0 Å². The number of oxazole rings is 1. The summed E-state index contributed by atoms with van der Waals surface area (Å²) in [5, 5.41) is 0. The first kappa shape index (κ1) is 15.6. The summed E-state index contributed by atoms with van der Waals surface area (Å²) in [7, 11) is -3.63. The molecule has 0 atom stereocenters. The topological polar surface area (TPSA) is 72.2 Å². The summed E-state index contributed by atoms with van der Waals surface area (Å²) in [6, 6.07) is 10.5. The number of benzene rings is 2. The molecule has 0 radical (unpaired) electrons. The lowest BCUT2D eigenvalue weighted by Crippen LogP contribution is -2.25. The predicted octanol–water partition coefficient (Wildman–Crippen LogP) is 2.80. The van der Waals surface area contributed by atoms with Crippen LogP contribution in [0.25, 0.3) is 11.1 Å². The second-order valence-electron chi connectivity index (χ2n) is 5.14. The molecule has 1 aromatic heterocycles. The smallest absolute Gasteiger partial charge is 0.240 e. The van der Waals surface area contributed by atoms with E-state index in [9.17, 15) is 12.8 Å². The normalized spacial score (nSPS) is 11.9. The van der Waals surface area contributed by atoms with Gasteiger partial charge in [-0.25, -0.2) is 22.5 Å². The Morgan fingerprint density at radius 1 is 1.17 bits per heavy atom. The molecule has 0 spiro atoms. The number of aromatic nitrogens is 1. The highest BCUT2D eigenvalue weighted by atomic mass is 32.2. The molecule has 0 saturated carbocycles. The second-order valence-corrected chi connectivity index (χ2v) is 6.90. The number of hydrogen-bond donors (Lipinski definition) is 1. The summed E-state index contributed by atoms with van der Waals surface area (Å²) >= 11 is 0. The van der Waals surface area contributed by atoms with Gasteiger partial charge in [0.15, 0.2) is 11.5 Å². The molecule has 3 rings (SSSR count). The van der Waals surface area contributed by atoms with Gasteiger partial charge in [-0.2, -0.15) is 0 Å². The molecule has 1 heterocycles. The standard InChI is InChI=1S/C16H15FN2O3S/c1-11-19-15-7-6-14(10-16(15)22-11)23(20,21)18-9-8-12-2-4-13(17)5-3-12/h2-7,10,18H,8-9H2,1H3. The Morgan fingerprint density at radius 3 is 2.65 bits per heavy atom. The molecule has 0 unspecified atom stereocenters. The van der Waals surface area contributed by atoms with E-state index in [-0.39, 0.29) is 17.3 Å². The Balaban J connectivity index is 1.71. The number of nitrogens with zero attached hydrogens (tertiary/aromatic N) is 1. The summed E-state index contributed by atoms with van der Waals surface area (Å²) in [5.74, 6) is 0.170. The minimum atomic E-state index is -3.63. The van der Waals surface area contributed by atoms with Gasteiger partial charge in [0.25, 0.3) is 0 Å². The molecule has 0 amide bonds. The molecule has 0 aliphatic heterocycles. The molecule has 23 heavy (non-hydrogen) atoms. The number of sulfonamides is 1. The van der Waals surface area contributed by atoms with Crippen LogP contribution in [-0.4, -0.2) is 19.9 Å². The van der Waals surface area contributed by atoms with E-state index < -0.39 is 10.0 Å². The maximum Gasteiger partial charge on any atom is 0.240 e. The van der Waals surface area contributed by atoms with E-state index in [0.29, 0.717) is 23.4 Å². The van der Waals surface area contributed by atoms with Crippen LogP contribution in [0.15, 0.2) is 51.8 Å². The molecular weight excluding hydrogens is 319 g/mol. The van der Waals surface area contributed by atoms with E-state index in [1.54, 1.807) is 25.1 Å². The molecule has 3 aromatic rings. The number of fused-ring (bicyclic) bond motifs is 1. The Labute approximate surface area is 133 Å². The number of aryl methyl sites for hydroxylation is 1. The van der Waals surface area contributed by atoms with Gasteiger partial charge in [0, 0.05) is 19.5 Å². The summed E-state index contributed by atoms with van der Waals surface area (Å²) in [5.41, 5.74) is 1.91. The van der Waals surface area contributed by atoms with Crippen molar-refractivity contribution in [3.63, 3.8) is 0 Å². The SMILES string of the molecule is Cc1nc2ccc(S(=O)(=O)NCCc3ccc(F)cc3)cc2o1. The van der Waals surface area contributed by atoms with Gasteiger partial charge in [-0.15, -0.1) is 0 Å². The highest BCUT2D eigenvalue weighted by Crippen LogP contribution is 2.19. The quantitative estimate of drug-likeness (QED) is 0.779. The predicted molar refractivity (Wildman–Crippen MR) is 84.0 cm³/mol. The average Bonchev–Trinajstić information content (AvgIpc) is 2.88. The maximum absolute atomic E-state index is 12.8. The minimum Gasteiger partial charge on any atom is -0.441 e. The molecule has 1 N–H and O–H groups in total. The largest absolute Gasteiger partial charge is 0.441 e. The molecule has 7 heteroatoms. The molecular formula is C16H15FN2O3S. The van der Waals surface area contributed by atoms with Crippen LogP contribution in [-0.2, 0) is 16.4 Å². The van der Waals surface area contributed by atoms with Crippen molar-refractivity contribution >= 4 is 21.1 Å². The molecule has 0 bridgehead atoms. The highest BCUT2D eigenvalue weighted by molar-refractivity contribution is 7.89. The Morgan fingerprint density at radius 2 is 1.91 bits per heavy atom. The molecule has 120 valence electrons. The molecule has 0 saturated heterocycles. The fourth-order valence-corrected chi connectivity index (χ4v) is 3.30. The van der Waals surface area contributed by atoms with Crippen molar-refractivity contribution in [1.82, 2.24) is 9.71 Å². The van der Waals surface area contributed by atoms with Gasteiger partial charge < -0.3 is 4.42 Å². The molecule has 0 aliphatic carbocycles. The lowest BCUT2D eigenvalue weighted by atomic mass is 10.1. The van der Waals surface area contributed by atoms with E-state index in [1.807, 2.05) is 0 Å². The lowest BCUT2D eigenvalue weighted by molar-refractivity contribution is 0.558. The molecule has 2 aromatic carbocycles. The van der Waals surface area contributed by atoms with Gasteiger partial charge in [-0.1, -0.05) is 12.1 Å². The minimum absolute atomic E-state index is 0.125. The fourth-order valence-electron chi connectivity index (χ4n) is 2.25. The second kappa shape index (κ2) is 6.10. The zero-order valence-electron chi connectivity index (χ0n) is 12.4. The highest BCUT2D eigenvalue weighted by Gasteiger charge is 2.15. The van der Waals surface area contributed by atoms with Crippen LogP contribution >= 0.6 is 0 Å². The zero-order chi connectivity index (χ0) is 16.4. The first-order valence-corrected chi connectivity index (χ1v) is 8.54. The Hall–Kier alpha value is -2.25. The van der Waals surface area contributed by atoms with Crippen LogP contribution in [0.5, 0.6) is 0 Å². The van der Waals surface area contributed by atoms with Gasteiger partial charge in [0.05, 0.1) is 4.90 Å². The number of rotatable bonds is 5. The summed E-state index contributed by atoms with van der Waals surface area (Å²) in [6.07, 6.45) is 0.475. The first-order valence-electron chi connectivity index (χ1n) is 7.05. The van der Waals surface area contributed by atoms with Gasteiger partial charge in [-0.3, -0.25) is 0 Å². The van der Waals surface area contributed by atoms with Crippen molar-refractivity contribution in [1.29, 1.82) is 0 Å². The number of hydrogen-bond acceptors (Lipinski definition) is 4. The molecule has 0 aliphatic rings. The monoisotopic (exact) mass is 334 g/mol. The van der Waals surface area contributed by atoms with Crippen LogP contribution < -0.4 is 4.72 Å². The van der Waals surface area contributed by atoms with Crippen molar-refractivity contribution in [2.24, 2.45) is 0 Å². The van der Waals surface area contributed by atoms with Crippen LogP contribution in [0.3, 0.4) is 0 Å². The third kappa shape index (κ3) is 3.57. The number of halogens is 1. The van der Waals surface area contributed by atoms with Crippen molar-refractivity contribution in [2.45, 2.75) is 18.2 Å². The van der Waals surface area contributed by atoms with E-state index in [2.05, 4.69) is 9.71 Å². The van der Waals surface area contributed by atoms with Gasteiger partial charge >= 0.3 is 0 Å². The van der Waals surface area contributed by atoms with E-state index in [1.165, 1.54) is 24.3 Å². The third-order valence-corrected chi connectivity index (χ3v) is 4.85. The fraction of sp³-hybridized carbons (Fsp3) is 0.188. The zero-order valence-corrected chi connectivity index (χ0v) is 13.2. The molecule has 0 fully saturated rings. The van der Waals surface area contributed by atoms with E-state index in [4.69, 9.17) is 4.42 Å². The summed E-state index contributed by atoms with van der Waals surface area (Å²) in [6.45, 7) is 1.93. The van der Waals surface area contributed by atoms with Crippen molar-refractivity contribution in [2.75, 3.05) is 6.54 Å². The van der Waals surface area contributed by atoms with E-state index >= 15 is 0 Å². The Kier molecular flexibility index (Phi) is 4.14. The third-order valence-electron chi connectivity index (χ3n) is 3.40. The van der Waals surface area contributed by atoms with Crippen LogP contribution in [0.4, 0.5) is 4.39 Å². The van der Waals surface area contributed by atoms with Crippen LogP contribution in [0.1, 0.15) is 11.5 Å². The van der Waals surface area contributed by atoms with E-state index in [0.717, 1.165) is 5.56 Å². The summed E-state index contributed by atoms with van der Waals surface area (Å²) in [4.78, 5) is 4.26. The lowest BCUT2D eigenvalue weighted by Gasteiger charge is -2.06. The van der Waals surface area contributed by atoms with Crippen LogP contribution in [0.2, 0.25) is 0 Å². The van der Waals surface area contributed by atoms with Crippen molar-refractivity contribution in [3.8, 4) is 0 Å². The average molecular weight is 334 g/mol. The van der Waals surface area contributed by atoms with Crippen molar-refractivity contribution in [3.05, 3.63) is 59.7 Å². The first-order chi connectivity index (χ1) is 10.9. The van der Waals surface area contributed by atoms with Crippen molar-refractivity contribution < 1.29 is 17.2 Å². The van der Waals surface area contributed by atoms with Gasteiger partial charge in [-0.05, 0) is 36.2 Å². The number of nitrogens with one attached hydrogen (secondary N) is 1. The Bertz CT molecular complexity index is 934. The maximum atomic E-state index is 12.8.